The SMILES string of the molecule is CC(C)N(CCc1nc(N)no1)C(=O)c1cc(Cl)cc(OCCNc2ccncc2)c1. The van der Waals surface area contributed by atoms with E-state index in [9.17, 15) is 4.79 Å². The summed E-state index contributed by atoms with van der Waals surface area (Å²) >= 11 is 6.24. The Labute approximate surface area is 185 Å². The summed E-state index contributed by atoms with van der Waals surface area (Å²) in [4.78, 5) is 22.8. The molecule has 0 saturated heterocycles. The number of rotatable bonds is 10. The number of hydrogen-bond donors (Lipinski definition) is 2. The van der Waals surface area contributed by atoms with Crippen molar-refractivity contribution in [1.29, 1.82) is 0 Å². The van der Waals surface area contributed by atoms with Crippen molar-refractivity contribution in [3.8, 4) is 5.75 Å². The number of benzene rings is 1. The van der Waals surface area contributed by atoms with Crippen molar-refractivity contribution in [3.63, 3.8) is 0 Å². The number of halogens is 1. The van der Waals surface area contributed by atoms with Crippen molar-refractivity contribution in [3.05, 3.63) is 59.2 Å². The second kappa shape index (κ2) is 10.6. The van der Waals surface area contributed by atoms with Gasteiger partial charge < -0.3 is 25.2 Å². The zero-order chi connectivity index (χ0) is 22.2. The van der Waals surface area contributed by atoms with E-state index in [4.69, 9.17) is 26.6 Å². The molecule has 1 amide bonds. The first-order chi connectivity index (χ1) is 14.9. The van der Waals surface area contributed by atoms with Crippen molar-refractivity contribution in [2.75, 3.05) is 30.7 Å². The van der Waals surface area contributed by atoms with E-state index in [0.717, 1.165) is 5.69 Å². The van der Waals surface area contributed by atoms with Crippen LogP contribution in [0.4, 0.5) is 11.6 Å². The van der Waals surface area contributed by atoms with E-state index in [0.29, 0.717) is 48.3 Å². The summed E-state index contributed by atoms with van der Waals surface area (Å²) < 4.78 is 10.8. The predicted molar refractivity (Wildman–Crippen MR) is 118 cm³/mol. The van der Waals surface area contributed by atoms with Crippen LogP contribution >= 0.6 is 11.6 Å². The number of pyridine rings is 1. The van der Waals surface area contributed by atoms with Gasteiger partial charge in [0.15, 0.2) is 0 Å². The van der Waals surface area contributed by atoms with Crippen LogP contribution in [0.5, 0.6) is 5.75 Å². The van der Waals surface area contributed by atoms with Crippen LogP contribution < -0.4 is 15.8 Å². The molecule has 0 aliphatic heterocycles. The number of anilines is 2. The third-order valence-electron chi connectivity index (χ3n) is 4.43. The van der Waals surface area contributed by atoms with Crippen molar-refractivity contribution < 1.29 is 14.1 Å². The van der Waals surface area contributed by atoms with Gasteiger partial charge in [0, 0.05) is 54.2 Å². The summed E-state index contributed by atoms with van der Waals surface area (Å²) in [5.74, 6) is 0.825. The minimum absolute atomic E-state index is 0.0410. The molecule has 0 spiro atoms. The maximum atomic E-state index is 13.1. The summed E-state index contributed by atoms with van der Waals surface area (Å²) in [6, 6.07) is 8.72. The summed E-state index contributed by atoms with van der Waals surface area (Å²) in [5.41, 5.74) is 6.88. The van der Waals surface area contributed by atoms with Gasteiger partial charge in [0.1, 0.15) is 12.4 Å². The highest BCUT2D eigenvalue weighted by Crippen LogP contribution is 2.23. The fourth-order valence-electron chi connectivity index (χ4n) is 2.95. The summed E-state index contributed by atoms with van der Waals surface area (Å²) in [6.45, 7) is 5.27. The van der Waals surface area contributed by atoms with E-state index < -0.39 is 0 Å². The molecule has 31 heavy (non-hydrogen) atoms. The molecule has 0 aliphatic rings. The Hall–Kier alpha value is -3.33. The molecule has 3 rings (SSSR count). The number of carbonyl (C=O) groups is 1. The van der Waals surface area contributed by atoms with Gasteiger partial charge in [-0.3, -0.25) is 9.78 Å². The smallest absolute Gasteiger partial charge is 0.260 e. The molecular formula is C21H25ClN6O3. The number of aromatic nitrogens is 3. The Balaban J connectivity index is 1.61. The fourth-order valence-corrected chi connectivity index (χ4v) is 3.17. The third-order valence-corrected chi connectivity index (χ3v) is 4.65. The van der Waals surface area contributed by atoms with Crippen LogP contribution in [0.3, 0.4) is 0 Å². The number of carbonyl (C=O) groups excluding carboxylic acids is 1. The van der Waals surface area contributed by atoms with E-state index in [2.05, 4.69) is 20.4 Å². The fraction of sp³-hybridized carbons (Fsp3) is 0.333. The van der Waals surface area contributed by atoms with Crippen molar-refractivity contribution in [2.24, 2.45) is 0 Å². The van der Waals surface area contributed by atoms with Crippen LogP contribution in [0, 0.1) is 0 Å². The largest absolute Gasteiger partial charge is 0.492 e. The zero-order valence-electron chi connectivity index (χ0n) is 17.4. The van der Waals surface area contributed by atoms with Crippen LogP contribution in [0.1, 0.15) is 30.1 Å². The topological polar surface area (TPSA) is 119 Å². The monoisotopic (exact) mass is 444 g/mol. The van der Waals surface area contributed by atoms with Gasteiger partial charge in [0.2, 0.25) is 5.89 Å². The van der Waals surface area contributed by atoms with E-state index in [1.165, 1.54) is 0 Å². The highest BCUT2D eigenvalue weighted by atomic mass is 35.5. The zero-order valence-corrected chi connectivity index (χ0v) is 18.2. The molecule has 0 saturated carbocycles. The lowest BCUT2D eigenvalue weighted by atomic mass is 10.1. The summed E-state index contributed by atoms with van der Waals surface area (Å²) in [7, 11) is 0. The molecule has 3 aromatic rings. The minimum atomic E-state index is -0.162. The lowest BCUT2D eigenvalue weighted by Gasteiger charge is -2.26. The first kappa shape index (κ1) is 22.4. The maximum Gasteiger partial charge on any atom is 0.260 e. The first-order valence-electron chi connectivity index (χ1n) is 9.88. The molecule has 2 heterocycles. The highest BCUT2D eigenvalue weighted by Gasteiger charge is 2.21. The van der Waals surface area contributed by atoms with E-state index in [1.807, 2.05) is 26.0 Å². The molecule has 0 bridgehead atoms. The van der Waals surface area contributed by atoms with Gasteiger partial charge >= 0.3 is 0 Å². The molecular weight excluding hydrogens is 420 g/mol. The van der Waals surface area contributed by atoms with E-state index in [-0.39, 0.29) is 17.9 Å². The predicted octanol–water partition coefficient (Wildman–Crippen LogP) is 3.28. The van der Waals surface area contributed by atoms with E-state index in [1.54, 1.807) is 35.5 Å². The van der Waals surface area contributed by atoms with Crippen LogP contribution in [0.2, 0.25) is 5.02 Å². The molecule has 10 heteroatoms. The summed E-state index contributed by atoms with van der Waals surface area (Å²) in [5, 5.41) is 7.23. The molecule has 9 nitrogen and oxygen atoms in total. The highest BCUT2D eigenvalue weighted by molar-refractivity contribution is 6.31. The maximum absolute atomic E-state index is 13.1. The van der Waals surface area contributed by atoms with Gasteiger partial charge in [-0.1, -0.05) is 11.6 Å². The van der Waals surface area contributed by atoms with Gasteiger partial charge in [0.05, 0.1) is 0 Å². The molecule has 164 valence electrons. The number of nitrogens with one attached hydrogen (secondary N) is 1. The van der Waals surface area contributed by atoms with Gasteiger partial charge in [-0.15, -0.1) is 0 Å². The average molecular weight is 445 g/mol. The second-order valence-electron chi connectivity index (χ2n) is 7.08. The van der Waals surface area contributed by atoms with Gasteiger partial charge in [-0.25, -0.2) is 0 Å². The first-order valence-corrected chi connectivity index (χ1v) is 10.3. The summed E-state index contributed by atoms with van der Waals surface area (Å²) in [6.07, 6.45) is 3.83. The number of ether oxygens (including phenoxy) is 1. The van der Waals surface area contributed by atoms with Gasteiger partial charge in [-0.05, 0) is 49.3 Å². The average Bonchev–Trinajstić information content (AvgIpc) is 3.16. The Morgan fingerprint density at radius 3 is 2.74 bits per heavy atom. The second-order valence-corrected chi connectivity index (χ2v) is 7.51. The lowest BCUT2D eigenvalue weighted by Crippen LogP contribution is -2.38. The van der Waals surface area contributed by atoms with Crippen LogP contribution in [0.15, 0.2) is 47.2 Å². The number of nitrogens with zero attached hydrogens (tertiary/aromatic N) is 4. The molecule has 1 aromatic carbocycles. The molecule has 0 aliphatic carbocycles. The number of nitrogens with two attached hydrogens (primary N) is 1. The molecule has 0 radical (unpaired) electrons. The normalized spacial score (nSPS) is 10.8. The molecule has 0 atom stereocenters. The minimum Gasteiger partial charge on any atom is -0.492 e. The van der Waals surface area contributed by atoms with E-state index >= 15 is 0 Å². The number of amides is 1. The molecule has 0 unspecified atom stereocenters. The van der Waals surface area contributed by atoms with Crippen molar-refractivity contribution in [2.45, 2.75) is 26.3 Å². The third kappa shape index (κ3) is 6.58. The molecule has 0 fully saturated rings. The Bertz CT molecular complexity index is 996. The van der Waals surface area contributed by atoms with Crippen LogP contribution in [-0.4, -0.2) is 51.7 Å². The van der Waals surface area contributed by atoms with Crippen LogP contribution in [-0.2, 0) is 6.42 Å². The van der Waals surface area contributed by atoms with Gasteiger partial charge in [-0.2, -0.15) is 4.98 Å². The molecule has 3 N–H and O–H groups in total. The Morgan fingerprint density at radius 1 is 1.29 bits per heavy atom. The standard InChI is InChI=1S/C21H25ClN6O3/c1-14(2)28(9-5-19-26-21(23)27-31-19)20(29)15-11-16(22)13-18(12-15)30-10-8-25-17-3-6-24-7-4-17/h3-4,6-7,11-14H,5,8-10H2,1-2H3,(H2,23,27)(H,24,25). The number of nitrogen functional groups attached to an aromatic ring is 1. The lowest BCUT2D eigenvalue weighted by molar-refractivity contribution is 0.0703. The van der Waals surface area contributed by atoms with Crippen molar-refractivity contribution in [1.82, 2.24) is 20.0 Å². The Kier molecular flexibility index (Phi) is 7.66. The van der Waals surface area contributed by atoms with Crippen LogP contribution in [0.25, 0.3) is 0 Å². The quantitative estimate of drug-likeness (QED) is 0.457. The van der Waals surface area contributed by atoms with Crippen molar-refractivity contribution >= 4 is 29.1 Å². The molecule has 2 aromatic heterocycles. The number of hydrogen-bond acceptors (Lipinski definition) is 8. The Morgan fingerprint density at radius 2 is 2.06 bits per heavy atom. The van der Waals surface area contributed by atoms with Gasteiger partial charge in [0.25, 0.3) is 11.9 Å².